The number of phenols is 1. The van der Waals surface area contributed by atoms with Gasteiger partial charge in [0.1, 0.15) is 6.73 Å². The number of nitrogens with zero attached hydrogens (tertiary/aromatic N) is 3. The Hall–Kier alpha value is -1.93. The summed E-state index contributed by atoms with van der Waals surface area (Å²) in [6.45, 7) is 7.76. The van der Waals surface area contributed by atoms with Crippen molar-refractivity contribution in [3.8, 4) is 5.75 Å². The van der Waals surface area contributed by atoms with Gasteiger partial charge in [-0.3, -0.25) is 10.1 Å². The summed E-state index contributed by atoms with van der Waals surface area (Å²) in [6, 6.07) is 3.72. The standard InChI is InChI=1S/C13H19N3O4Si/c1-21(2,3)5-4-20-9-15-11-7-13(17)12(16(18)19)6-10(11)8-14-15/h6-8,17H,4-5,9H2,1-3H3. The van der Waals surface area contributed by atoms with Gasteiger partial charge < -0.3 is 9.84 Å². The predicted octanol–water partition coefficient (Wildman–Crippen LogP) is 2.96. The molecule has 1 aromatic carbocycles. The second-order valence-corrected chi connectivity index (χ2v) is 11.8. The van der Waals surface area contributed by atoms with Gasteiger partial charge in [0, 0.05) is 32.2 Å². The van der Waals surface area contributed by atoms with Crippen LogP contribution in [0.1, 0.15) is 0 Å². The van der Waals surface area contributed by atoms with Crippen LogP contribution in [0.3, 0.4) is 0 Å². The van der Waals surface area contributed by atoms with Crippen molar-refractivity contribution in [1.29, 1.82) is 0 Å². The van der Waals surface area contributed by atoms with Gasteiger partial charge in [0.2, 0.25) is 0 Å². The molecule has 0 atom stereocenters. The minimum atomic E-state index is -1.13. The quantitative estimate of drug-likeness (QED) is 0.383. The first-order chi connectivity index (χ1) is 9.78. The third-order valence-electron chi connectivity index (χ3n) is 3.14. The Morgan fingerprint density at radius 1 is 1.43 bits per heavy atom. The van der Waals surface area contributed by atoms with E-state index < -0.39 is 13.0 Å². The van der Waals surface area contributed by atoms with Crippen LogP contribution in [0.4, 0.5) is 5.69 Å². The van der Waals surface area contributed by atoms with Gasteiger partial charge >= 0.3 is 5.69 Å². The van der Waals surface area contributed by atoms with Crippen molar-refractivity contribution < 1.29 is 14.8 Å². The monoisotopic (exact) mass is 309 g/mol. The van der Waals surface area contributed by atoms with E-state index in [-0.39, 0.29) is 18.2 Å². The second-order valence-electron chi connectivity index (χ2n) is 6.15. The van der Waals surface area contributed by atoms with Crippen LogP contribution in [0.5, 0.6) is 5.75 Å². The molecule has 1 N–H and O–H groups in total. The Kier molecular flexibility index (Phi) is 4.28. The van der Waals surface area contributed by atoms with Gasteiger partial charge in [-0.1, -0.05) is 19.6 Å². The molecule has 0 radical (unpaired) electrons. The van der Waals surface area contributed by atoms with Crippen LogP contribution in [0.25, 0.3) is 10.9 Å². The summed E-state index contributed by atoms with van der Waals surface area (Å²) >= 11 is 0. The first-order valence-electron chi connectivity index (χ1n) is 6.68. The lowest BCUT2D eigenvalue weighted by Gasteiger charge is -2.15. The van der Waals surface area contributed by atoms with Crippen molar-refractivity contribution >= 4 is 24.7 Å². The van der Waals surface area contributed by atoms with E-state index in [9.17, 15) is 15.2 Å². The SMILES string of the molecule is C[Si](C)(C)CCOCn1ncc2cc([N+](=O)[O-])c(O)cc21. The first-order valence-corrected chi connectivity index (χ1v) is 10.4. The molecular formula is C13H19N3O4Si. The number of aromatic nitrogens is 2. The fraction of sp³-hybridized carbons (Fsp3) is 0.462. The average molecular weight is 309 g/mol. The Bertz CT molecular complexity index is 663. The lowest BCUT2D eigenvalue weighted by atomic mass is 10.2. The highest BCUT2D eigenvalue weighted by Gasteiger charge is 2.17. The largest absolute Gasteiger partial charge is 0.502 e. The molecule has 1 heterocycles. The number of benzene rings is 1. The van der Waals surface area contributed by atoms with Crippen molar-refractivity contribution in [2.24, 2.45) is 0 Å². The molecule has 0 aliphatic heterocycles. The maximum Gasteiger partial charge on any atom is 0.311 e. The first kappa shape index (κ1) is 15.5. The van der Waals surface area contributed by atoms with Crippen molar-refractivity contribution in [3.05, 3.63) is 28.4 Å². The lowest BCUT2D eigenvalue weighted by molar-refractivity contribution is -0.385. The van der Waals surface area contributed by atoms with Crippen molar-refractivity contribution in [2.75, 3.05) is 6.61 Å². The summed E-state index contributed by atoms with van der Waals surface area (Å²) < 4.78 is 7.19. The van der Waals surface area contributed by atoms with E-state index in [1.807, 2.05) is 0 Å². The number of rotatable bonds is 6. The van der Waals surface area contributed by atoms with E-state index in [4.69, 9.17) is 4.74 Å². The number of nitro benzene ring substituents is 1. The molecule has 0 aliphatic rings. The Balaban J connectivity index is 2.11. The Labute approximate surface area is 123 Å². The zero-order valence-corrected chi connectivity index (χ0v) is 13.4. The summed E-state index contributed by atoms with van der Waals surface area (Å²) in [5, 5.41) is 25.2. The van der Waals surface area contributed by atoms with Crippen LogP contribution >= 0.6 is 0 Å². The maximum absolute atomic E-state index is 10.8. The molecule has 7 nitrogen and oxygen atoms in total. The number of fused-ring (bicyclic) bond motifs is 1. The van der Waals surface area contributed by atoms with Gasteiger partial charge in [0.05, 0.1) is 16.6 Å². The third kappa shape index (κ3) is 3.79. The molecule has 0 amide bonds. The highest BCUT2D eigenvalue weighted by atomic mass is 28.3. The molecule has 0 saturated carbocycles. The fourth-order valence-electron chi connectivity index (χ4n) is 1.88. The van der Waals surface area contributed by atoms with Gasteiger partial charge in [-0.25, -0.2) is 4.68 Å². The van der Waals surface area contributed by atoms with Crippen molar-refractivity contribution in [2.45, 2.75) is 32.4 Å². The molecule has 8 heteroatoms. The number of phenolic OH excluding ortho intramolecular Hbond substituents is 1. The van der Waals surface area contributed by atoms with E-state index in [1.54, 1.807) is 4.68 Å². The van der Waals surface area contributed by atoms with Gasteiger partial charge in [-0.2, -0.15) is 5.10 Å². The Morgan fingerprint density at radius 2 is 2.14 bits per heavy atom. The summed E-state index contributed by atoms with van der Waals surface area (Å²) in [4.78, 5) is 10.2. The highest BCUT2D eigenvalue weighted by Crippen LogP contribution is 2.30. The summed E-state index contributed by atoms with van der Waals surface area (Å²) in [7, 11) is -1.13. The van der Waals surface area contributed by atoms with Crippen molar-refractivity contribution in [3.63, 3.8) is 0 Å². The molecule has 2 aromatic rings. The molecule has 0 fully saturated rings. The summed E-state index contributed by atoms with van der Waals surface area (Å²) in [5.41, 5.74) is 0.299. The molecule has 0 aliphatic carbocycles. The lowest BCUT2D eigenvalue weighted by Crippen LogP contribution is -2.22. The molecule has 21 heavy (non-hydrogen) atoms. The number of nitro groups is 1. The predicted molar refractivity (Wildman–Crippen MR) is 82.2 cm³/mol. The fourth-order valence-corrected chi connectivity index (χ4v) is 2.64. The molecule has 0 unspecified atom stereocenters. The van der Waals surface area contributed by atoms with E-state index in [0.29, 0.717) is 17.5 Å². The van der Waals surface area contributed by atoms with Gasteiger partial charge in [0.25, 0.3) is 0 Å². The topological polar surface area (TPSA) is 90.4 Å². The zero-order chi connectivity index (χ0) is 15.6. The number of aromatic hydroxyl groups is 1. The van der Waals surface area contributed by atoms with E-state index in [0.717, 1.165) is 6.04 Å². The maximum atomic E-state index is 10.8. The average Bonchev–Trinajstić information content (AvgIpc) is 2.74. The zero-order valence-electron chi connectivity index (χ0n) is 12.4. The van der Waals surface area contributed by atoms with Crippen LogP contribution in [0.2, 0.25) is 25.7 Å². The van der Waals surface area contributed by atoms with Crippen LogP contribution in [-0.2, 0) is 11.5 Å². The minimum absolute atomic E-state index is 0.269. The van der Waals surface area contributed by atoms with Crippen LogP contribution in [0.15, 0.2) is 18.3 Å². The van der Waals surface area contributed by atoms with E-state index >= 15 is 0 Å². The van der Waals surface area contributed by atoms with Gasteiger partial charge in [0.15, 0.2) is 5.75 Å². The van der Waals surface area contributed by atoms with Crippen LogP contribution in [-0.4, -0.2) is 34.5 Å². The normalized spacial score (nSPS) is 12.0. The number of ether oxygens (including phenoxy) is 1. The minimum Gasteiger partial charge on any atom is -0.502 e. The highest BCUT2D eigenvalue weighted by molar-refractivity contribution is 6.76. The molecule has 1 aromatic heterocycles. The molecule has 0 saturated heterocycles. The van der Waals surface area contributed by atoms with Crippen LogP contribution < -0.4 is 0 Å². The van der Waals surface area contributed by atoms with E-state index in [2.05, 4.69) is 24.7 Å². The van der Waals surface area contributed by atoms with Crippen molar-refractivity contribution in [1.82, 2.24) is 9.78 Å². The summed E-state index contributed by atoms with van der Waals surface area (Å²) in [6.07, 6.45) is 1.53. The molecular weight excluding hydrogens is 290 g/mol. The number of hydrogen-bond donors (Lipinski definition) is 1. The van der Waals surface area contributed by atoms with E-state index in [1.165, 1.54) is 18.3 Å². The molecule has 114 valence electrons. The van der Waals surface area contributed by atoms with Gasteiger partial charge in [-0.15, -0.1) is 0 Å². The van der Waals surface area contributed by atoms with Gasteiger partial charge in [-0.05, 0) is 6.04 Å². The Morgan fingerprint density at radius 3 is 2.76 bits per heavy atom. The molecule has 0 spiro atoms. The third-order valence-corrected chi connectivity index (χ3v) is 4.85. The smallest absolute Gasteiger partial charge is 0.311 e. The number of hydrogen-bond acceptors (Lipinski definition) is 5. The molecule has 0 bridgehead atoms. The van der Waals surface area contributed by atoms with Crippen LogP contribution in [0, 0.1) is 10.1 Å². The molecule has 2 rings (SSSR count). The second kappa shape index (κ2) is 5.82. The summed E-state index contributed by atoms with van der Waals surface area (Å²) in [5.74, 6) is -0.364.